The molecule has 0 spiro atoms. The first-order valence-electron chi connectivity index (χ1n) is 7.52. The van der Waals surface area contributed by atoms with Crippen molar-refractivity contribution in [1.29, 1.82) is 0 Å². The lowest BCUT2D eigenvalue weighted by Gasteiger charge is -2.34. The summed E-state index contributed by atoms with van der Waals surface area (Å²) in [5, 5.41) is 5.53. The second kappa shape index (κ2) is 6.24. The summed E-state index contributed by atoms with van der Waals surface area (Å²) in [6.45, 7) is 7.97. The standard InChI is InChI=1S/C15H23N3OS/c1-12-10-16-5-8-17(12)7-3-15(19)18-6-2-14-13(11-18)4-9-20-14/h4,9,12,16H,2-3,5-8,10-11H2,1H3/t12-/m0/s1. The van der Waals surface area contributed by atoms with Crippen LogP contribution in [-0.4, -0.2) is 54.5 Å². The number of nitrogens with one attached hydrogen (secondary N) is 1. The molecule has 110 valence electrons. The minimum absolute atomic E-state index is 0.313. The van der Waals surface area contributed by atoms with Crippen LogP contribution >= 0.6 is 11.3 Å². The van der Waals surface area contributed by atoms with Gasteiger partial charge in [-0.25, -0.2) is 0 Å². The number of nitrogens with zero attached hydrogens (tertiary/aromatic N) is 2. The van der Waals surface area contributed by atoms with Crippen LogP contribution in [-0.2, 0) is 17.8 Å². The monoisotopic (exact) mass is 293 g/mol. The summed E-state index contributed by atoms with van der Waals surface area (Å²) in [7, 11) is 0. The molecule has 0 aliphatic carbocycles. The third kappa shape index (κ3) is 3.05. The molecule has 3 heterocycles. The van der Waals surface area contributed by atoms with Gasteiger partial charge in [0.15, 0.2) is 0 Å². The first-order chi connectivity index (χ1) is 9.74. The fourth-order valence-electron chi connectivity index (χ4n) is 3.07. The van der Waals surface area contributed by atoms with Crippen molar-refractivity contribution in [2.24, 2.45) is 0 Å². The fourth-order valence-corrected chi connectivity index (χ4v) is 3.96. The Hall–Kier alpha value is -0.910. The van der Waals surface area contributed by atoms with Gasteiger partial charge in [-0.15, -0.1) is 11.3 Å². The van der Waals surface area contributed by atoms with Crippen molar-refractivity contribution >= 4 is 17.2 Å². The Morgan fingerprint density at radius 3 is 3.25 bits per heavy atom. The molecular weight excluding hydrogens is 270 g/mol. The lowest BCUT2D eigenvalue weighted by atomic mass is 10.1. The molecule has 20 heavy (non-hydrogen) atoms. The summed E-state index contributed by atoms with van der Waals surface area (Å²) >= 11 is 1.82. The number of piperazine rings is 1. The Morgan fingerprint density at radius 1 is 1.50 bits per heavy atom. The number of thiophene rings is 1. The van der Waals surface area contributed by atoms with Gasteiger partial charge in [0.1, 0.15) is 0 Å². The molecule has 4 nitrogen and oxygen atoms in total. The van der Waals surface area contributed by atoms with E-state index in [9.17, 15) is 4.79 Å². The molecular formula is C15H23N3OS. The van der Waals surface area contributed by atoms with E-state index < -0.39 is 0 Å². The van der Waals surface area contributed by atoms with Crippen LogP contribution in [0.1, 0.15) is 23.8 Å². The van der Waals surface area contributed by atoms with Crippen LogP contribution in [0.4, 0.5) is 0 Å². The molecule has 1 aromatic heterocycles. The second-order valence-electron chi connectivity index (χ2n) is 5.77. The first-order valence-corrected chi connectivity index (χ1v) is 8.40. The third-order valence-corrected chi connectivity index (χ3v) is 5.44. The summed E-state index contributed by atoms with van der Waals surface area (Å²) in [6.07, 6.45) is 1.69. The molecule has 1 fully saturated rings. The predicted octanol–water partition coefficient (Wildman–Crippen LogP) is 1.32. The van der Waals surface area contributed by atoms with E-state index in [-0.39, 0.29) is 0 Å². The van der Waals surface area contributed by atoms with Gasteiger partial charge in [0.25, 0.3) is 0 Å². The van der Waals surface area contributed by atoms with Gasteiger partial charge in [0.2, 0.25) is 5.91 Å². The summed E-state index contributed by atoms with van der Waals surface area (Å²) < 4.78 is 0. The molecule has 3 rings (SSSR count). The van der Waals surface area contributed by atoms with Gasteiger partial charge in [0, 0.05) is 56.6 Å². The average molecular weight is 293 g/mol. The summed E-state index contributed by atoms with van der Waals surface area (Å²) in [4.78, 5) is 18.3. The van der Waals surface area contributed by atoms with Crippen molar-refractivity contribution in [2.45, 2.75) is 32.4 Å². The van der Waals surface area contributed by atoms with E-state index in [0.717, 1.165) is 45.7 Å². The fraction of sp³-hybridized carbons (Fsp3) is 0.667. The molecule has 2 aliphatic heterocycles. The van der Waals surface area contributed by atoms with Crippen LogP contribution in [0.25, 0.3) is 0 Å². The number of carbonyl (C=O) groups is 1. The van der Waals surface area contributed by atoms with Crippen molar-refractivity contribution in [3.8, 4) is 0 Å². The minimum Gasteiger partial charge on any atom is -0.338 e. The van der Waals surface area contributed by atoms with Crippen molar-refractivity contribution in [3.05, 3.63) is 21.9 Å². The normalized spacial score (nSPS) is 23.6. The number of rotatable bonds is 3. The highest BCUT2D eigenvalue weighted by Gasteiger charge is 2.23. The summed E-state index contributed by atoms with van der Waals surface area (Å²) in [5.74, 6) is 0.313. The highest BCUT2D eigenvalue weighted by atomic mass is 32.1. The number of carbonyl (C=O) groups excluding carboxylic acids is 1. The van der Waals surface area contributed by atoms with Crippen LogP contribution in [0.2, 0.25) is 0 Å². The number of amides is 1. The highest BCUT2D eigenvalue weighted by Crippen LogP contribution is 2.24. The largest absolute Gasteiger partial charge is 0.338 e. The van der Waals surface area contributed by atoms with Crippen LogP contribution in [0.15, 0.2) is 11.4 Å². The molecule has 1 aromatic rings. The van der Waals surface area contributed by atoms with Crippen LogP contribution < -0.4 is 5.32 Å². The Kier molecular flexibility index (Phi) is 4.38. The Bertz CT molecular complexity index is 473. The molecule has 0 saturated carbocycles. The zero-order valence-electron chi connectivity index (χ0n) is 12.1. The van der Waals surface area contributed by atoms with E-state index in [1.165, 1.54) is 10.4 Å². The van der Waals surface area contributed by atoms with Crippen LogP contribution in [0.5, 0.6) is 0 Å². The molecule has 1 amide bonds. The van der Waals surface area contributed by atoms with E-state index in [2.05, 4.69) is 28.6 Å². The van der Waals surface area contributed by atoms with Crippen LogP contribution in [0.3, 0.4) is 0 Å². The lowest BCUT2D eigenvalue weighted by molar-refractivity contribution is -0.132. The smallest absolute Gasteiger partial charge is 0.224 e. The Balaban J connectivity index is 1.50. The third-order valence-electron chi connectivity index (χ3n) is 4.41. The van der Waals surface area contributed by atoms with Gasteiger partial charge in [-0.3, -0.25) is 9.69 Å². The van der Waals surface area contributed by atoms with E-state index in [1.54, 1.807) is 0 Å². The van der Waals surface area contributed by atoms with Gasteiger partial charge in [-0.05, 0) is 30.4 Å². The van der Waals surface area contributed by atoms with Gasteiger partial charge in [-0.1, -0.05) is 0 Å². The highest BCUT2D eigenvalue weighted by molar-refractivity contribution is 7.10. The topological polar surface area (TPSA) is 35.6 Å². The molecule has 0 radical (unpaired) electrons. The molecule has 1 saturated heterocycles. The van der Waals surface area contributed by atoms with Crippen molar-refractivity contribution < 1.29 is 4.79 Å². The van der Waals surface area contributed by atoms with Crippen molar-refractivity contribution in [1.82, 2.24) is 15.1 Å². The Labute approximate surface area is 124 Å². The quantitative estimate of drug-likeness (QED) is 0.913. The number of fused-ring (bicyclic) bond motifs is 1. The van der Waals surface area contributed by atoms with Gasteiger partial charge in [-0.2, -0.15) is 0 Å². The molecule has 5 heteroatoms. The molecule has 0 bridgehead atoms. The van der Waals surface area contributed by atoms with E-state index >= 15 is 0 Å². The van der Waals surface area contributed by atoms with E-state index in [0.29, 0.717) is 18.4 Å². The van der Waals surface area contributed by atoms with Gasteiger partial charge >= 0.3 is 0 Å². The maximum absolute atomic E-state index is 12.4. The van der Waals surface area contributed by atoms with Gasteiger partial charge < -0.3 is 10.2 Å². The summed E-state index contributed by atoms with van der Waals surface area (Å²) in [5.41, 5.74) is 1.35. The molecule has 0 aromatic carbocycles. The minimum atomic E-state index is 0.313. The van der Waals surface area contributed by atoms with E-state index in [1.807, 2.05) is 16.2 Å². The zero-order valence-corrected chi connectivity index (χ0v) is 12.9. The van der Waals surface area contributed by atoms with Crippen LogP contribution in [0, 0.1) is 0 Å². The molecule has 1 N–H and O–H groups in total. The average Bonchev–Trinajstić information content (AvgIpc) is 2.93. The first kappa shape index (κ1) is 14.0. The second-order valence-corrected chi connectivity index (χ2v) is 6.77. The maximum Gasteiger partial charge on any atom is 0.224 e. The Morgan fingerprint density at radius 2 is 2.40 bits per heavy atom. The molecule has 0 unspecified atom stereocenters. The molecule has 1 atom stereocenters. The van der Waals surface area contributed by atoms with Gasteiger partial charge in [0.05, 0.1) is 0 Å². The summed E-state index contributed by atoms with van der Waals surface area (Å²) in [6, 6.07) is 2.71. The maximum atomic E-state index is 12.4. The number of hydrogen-bond donors (Lipinski definition) is 1. The molecule has 2 aliphatic rings. The van der Waals surface area contributed by atoms with E-state index in [4.69, 9.17) is 0 Å². The zero-order chi connectivity index (χ0) is 13.9. The SMILES string of the molecule is C[C@H]1CNCCN1CCC(=O)N1CCc2sccc2C1. The van der Waals surface area contributed by atoms with Crippen molar-refractivity contribution in [2.75, 3.05) is 32.7 Å². The lowest BCUT2D eigenvalue weighted by Crippen LogP contribution is -2.50. The van der Waals surface area contributed by atoms with Crippen molar-refractivity contribution in [3.63, 3.8) is 0 Å². The number of hydrogen-bond acceptors (Lipinski definition) is 4. The predicted molar refractivity (Wildman–Crippen MR) is 82.0 cm³/mol.